The van der Waals surface area contributed by atoms with Gasteiger partial charge in [-0.15, -0.1) is 0 Å². The number of carbonyl (C=O) groups is 2. The molecule has 0 unspecified atom stereocenters. The summed E-state index contributed by atoms with van der Waals surface area (Å²) in [4.78, 5) is 24.1. The number of hydrogen-bond donors (Lipinski definition) is 1. The van der Waals surface area contributed by atoms with Gasteiger partial charge < -0.3 is 15.0 Å². The zero-order valence-corrected chi connectivity index (χ0v) is 8.41. The molecule has 1 aliphatic heterocycles. The molecule has 0 radical (unpaired) electrons. The Labute approximate surface area is 83.4 Å². The number of ether oxygens (including phenoxy) is 1. The van der Waals surface area contributed by atoms with Gasteiger partial charge in [0.2, 0.25) is 0 Å². The Morgan fingerprint density at radius 2 is 2.14 bits per heavy atom. The Morgan fingerprint density at radius 1 is 1.36 bits per heavy atom. The van der Waals surface area contributed by atoms with E-state index in [4.69, 9.17) is 0 Å². The summed E-state index contributed by atoms with van der Waals surface area (Å²) in [5, 5.41) is 3.16. The Hall–Kier alpha value is -1.10. The van der Waals surface area contributed by atoms with E-state index < -0.39 is 11.9 Å². The lowest BCUT2D eigenvalue weighted by Gasteiger charge is -2.18. The number of carbonyl (C=O) groups excluding carboxylic acids is 2. The van der Waals surface area contributed by atoms with Crippen LogP contribution >= 0.6 is 0 Å². The topological polar surface area (TPSA) is 58.6 Å². The van der Waals surface area contributed by atoms with Crippen LogP contribution in [0.2, 0.25) is 0 Å². The first-order valence-electron chi connectivity index (χ1n) is 4.92. The molecule has 5 heteroatoms. The molecule has 1 rings (SSSR count). The Bertz CT molecular complexity index is 210. The molecule has 1 saturated heterocycles. The maximum absolute atomic E-state index is 11.5. The molecule has 5 nitrogen and oxygen atoms in total. The van der Waals surface area contributed by atoms with E-state index in [2.05, 4.69) is 10.1 Å². The van der Waals surface area contributed by atoms with Crippen LogP contribution in [0.15, 0.2) is 0 Å². The van der Waals surface area contributed by atoms with Gasteiger partial charge in [-0.2, -0.15) is 0 Å². The lowest BCUT2D eigenvalue weighted by Crippen LogP contribution is -2.39. The molecule has 0 aliphatic carbocycles. The van der Waals surface area contributed by atoms with Crippen molar-refractivity contribution in [2.24, 2.45) is 0 Å². The summed E-state index contributed by atoms with van der Waals surface area (Å²) in [6.07, 6.45) is 0.880. The molecule has 0 spiro atoms. The second kappa shape index (κ2) is 5.59. The molecule has 1 amide bonds. The van der Waals surface area contributed by atoms with Crippen molar-refractivity contribution >= 4 is 11.9 Å². The van der Waals surface area contributed by atoms with Gasteiger partial charge in [-0.3, -0.25) is 4.79 Å². The van der Waals surface area contributed by atoms with Crippen molar-refractivity contribution in [2.75, 3.05) is 32.8 Å². The summed E-state index contributed by atoms with van der Waals surface area (Å²) >= 11 is 0. The number of hydrogen-bond acceptors (Lipinski definition) is 4. The van der Waals surface area contributed by atoms with Crippen LogP contribution in [-0.4, -0.2) is 49.6 Å². The number of nitrogens with zero attached hydrogens (tertiary/aromatic N) is 1. The largest absolute Gasteiger partial charge is 0.459 e. The lowest BCUT2D eigenvalue weighted by atomic mass is 10.4. The first kappa shape index (κ1) is 11.0. The zero-order chi connectivity index (χ0) is 10.4. The van der Waals surface area contributed by atoms with Gasteiger partial charge in [0.25, 0.3) is 0 Å². The van der Waals surface area contributed by atoms with Crippen LogP contribution in [0.4, 0.5) is 0 Å². The monoisotopic (exact) mass is 200 g/mol. The summed E-state index contributed by atoms with van der Waals surface area (Å²) in [6.45, 7) is 4.78. The molecule has 80 valence electrons. The highest BCUT2D eigenvalue weighted by Crippen LogP contribution is 1.97. The van der Waals surface area contributed by atoms with Crippen molar-refractivity contribution < 1.29 is 14.3 Å². The SMILES string of the molecule is CCOC(=O)C(=O)N1CCCNCC1. The summed E-state index contributed by atoms with van der Waals surface area (Å²) in [7, 11) is 0. The predicted octanol–water partition coefficient (Wildman–Crippen LogP) is -0.629. The molecule has 0 aromatic heterocycles. The molecule has 1 fully saturated rings. The first-order chi connectivity index (χ1) is 6.75. The first-order valence-corrected chi connectivity index (χ1v) is 4.92. The van der Waals surface area contributed by atoms with Crippen molar-refractivity contribution in [3.8, 4) is 0 Å². The Kier molecular flexibility index (Phi) is 4.39. The van der Waals surface area contributed by atoms with Crippen molar-refractivity contribution in [1.82, 2.24) is 10.2 Å². The quantitative estimate of drug-likeness (QED) is 0.452. The lowest BCUT2D eigenvalue weighted by molar-refractivity contribution is -0.159. The van der Waals surface area contributed by atoms with Crippen LogP contribution in [0.5, 0.6) is 0 Å². The number of rotatable bonds is 1. The Morgan fingerprint density at radius 3 is 2.86 bits per heavy atom. The summed E-state index contributed by atoms with van der Waals surface area (Å²) < 4.78 is 4.65. The third-order valence-electron chi connectivity index (χ3n) is 2.08. The van der Waals surface area contributed by atoms with E-state index in [9.17, 15) is 9.59 Å². The highest BCUT2D eigenvalue weighted by molar-refractivity contribution is 6.32. The molecule has 0 atom stereocenters. The van der Waals surface area contributed by atoms with Gasteiger partial charge in [0.1, 0.15) is 0 Å². The van der Waals surface area contributed by atoms with Crippen LogP contribution in [0.1, 0.15) is 13.3 Å². The number of nitrogens with one attached hydrogen (secondary N) is 1. The normalized spacial score (nSPS) is 17.4. The zero-order valence-electron chi connectivity index (χ0n) is 8.41. The summed E-state index contributed by atoms with van der Waals surface area (Å²) in [5.74, 6) is -1.26. The second-order valence-electron chi connectivity index (χ2n) is 3.12. The molecule has 0 aromatic rings. The van der Waals surface area contributed by atoms with E-state index >= 15 is 0 Å². The van der Waals surface area contributed by atoms with Gasteiger partial charge >= 0.3 is 11.9 Å². The van der Waals surface area contributed by atoms with Gasteiger partial charge in [0, 0.05) is 19.6 Å². The van der Waals surface area contributed by atoms with Crippen LogP contribution < -0.4 is 5.32 Å². The second-order valence-corrected chi connectivity index (χ2v) is 3.12. The number of amides is 1. The molecular formula is C9H16N2O3. The maximum Gasteiger partial charge on any atom is 0.397 e. The third-order valence-corrected chi connectivity index (χ3v) is 2.08. The fourth-order valence-electron chi connectivity index (χ4n) is 1.37. The highest BCUT2D eigenvalue weighted by Gasteiger charge is 2.23. The van der Waals surface area contributed by atoms with E-state index in [1.54, 1.807) is 6.92 Å². The van der Waals surface area contributed by atoms with E-state index in [0.717, 1.165) is 19.5 Å². The van der Waals surface area contributed by atoms with Crippen LogP contribution in [-0.2, 0) is 14.3 Å². The molecule has 0 aromatic carbocycles. The van der Waals surface area contributed by atoms with E-state index in [0.29, 0.717) is 13.1 Å². The van der Waals surface area contributed by atoms with Crippen molar-refractivity contribution in [2.45, 2.75) is 13.3 Å². The molecule has 0 bridgehead atoms. The van der Waals surface area contributed by atoms with Crippen molar-refractivity contribution in [3.05, 3.63) is 0 Å². The summed E-state index contributed by atoms with van der Waals surface area (Å²) in [5.41, 5.74) is 0. The molecule has 1 N–H and O–H groups in total. The van der Waals surface area contributed by atoms with Crippen LogP contribution in [0, 0.1) is 0 Å². The fraction of sp³-hybridized carbons (Fsp3) is 0.778. The van der Waals surface area contributed by atoms with Crippen molar-refractivity contribution in [3.63, 3.8) is 0 Å². The minimum Gasteiger partial charge on any atom is -0.459 e. The molecule has 1 aliphatic rings. The van der Waals surface area contributed by atoms with E-state index in [1.807, 2.05) is 0 Å². The smallest absolute Gasteiger partial charge is 0.397 e. The van der Waals surface area contributed by atoms with E-state index in [-0.39, 0.29) is 6.61 Å². The molecule has 0 saturated carbocycles. The van der Waals surface area contributed by atoms with Crippen LogP contribution in [0.25, 0.3) is 0 Å². The minimum absolute atomic E-state index is 0.247. The maximum atomic E-state index is 11.5. The number of esters is 1. The third kappa shape index (κ3) is 2.99. The Balaban J connectivity index is 2.45. The molecular weight excluding hydrogens is 184 g/mol. The molecule has 14 heavy (non-hydrogen) atoms. The average Bonchev–Trinajstić information content (AvgIpc) is 2.45. The highest BCUT2D eigenvalue weighted by atomic mass is 16.5. The van der Waals surface area contributed by atoms with Gasteiger partial charge in [-0.05, 0) is 19.9 Å². The molecule has 1 heterocycles. The van der Waals surface area contributed by atoms with Crippen LogP contribution in [0.3, 0.4) is 0 Å². The predicted molar refractivity (Wildman–Crippen MR) is 50.7 cm³/mol. The van der Waals surface area contributed by atoms with Gasteiger partial charge in [-0.1, -0.05) is 0 Å². The average molecular weight is 200 g/mol. The fourth-order valence-corrected chi connectivity index (χ4v) is 1.37. The van der Waals surface area contributed by atoms with Crippen molar-refractivity contribution in [1.29, 1.82) is 0 Å². The van der Waals surface area contributed by atoms with Gasteiger partial charge in [0.15, 0.2) is 0 Å². The minimum atomic E-state index is -0.741. The summed E-state index contributed by atoms with van der Waals surface area (Å²) in [6, 6.07) is 0. The van der Waals surface area contributed by atoms with Gasteiger partial charge in [-0.25, -0.2) is 4.79 Å². The van der Waals surface area contributed by atoms with Gasteiger partial charge in [0.05, 0.1) is 6.61 Å². The standard InChI is InChI=1S/C9H16N2O3/c1-2-14-9(13)8(12)11-6-3-4-10-5-7-11/h10H,2-7H2,1H3. The van der Waals surface area contributed by atoms with E-state index in [1.165, 1.54) is 4.90 Å².